The van der Waals surface area contributed by atoms with E-state index in [0.29, 0.717) is 11.2 Å². The molecule has 1 aliphatic rings. The van der Waals surface area contributed by atoms with E-state index in [1.165, 1.54) is 46.8 Å². The van der Waals surface area contributed by atoms with Gasteiger partial charge in [-0.15, -0.1) is 0 Å². The summed E-state index contributed by atoms with van der Waals surface area (Å²) in [4.78, 5) is 53.3. The zero-order chi connectivity index (χ0) is 25.0. The first kappa shape index (κ1) is 22.6. The van der Waals surface area contributed by atoms with Gasteiger partial charge in [0.05, 0.1) is 12.7 Å². The van der Waals surface area contributed by atoms with Crippen LogP contribution in [0.25, 0.3) is 22.3 Å². The van der Waals surface area contributed by atoms with E-state index in [9.17, 15) is 24.6 Å². The maximum atomic E-state index is 12.6. The molecule has 0 bridgehead atoms. The van der Waals surface area contributed by atoms with E-state index >= 15 is 0 Å². The highest BCUT2D eigenvalue weighted by molar-refractivity contribution is 5.81. The fraction of sp³-hybridized carbons (Fsp3) is 0.421. The van der Waals surface area contributed by atoms with Crippen molar-refractivity contribution in [2.24, 2.45) is 14.1 Å². The number of hydrogen-bond donors (Lipinski definition) is 4. The second-order valence-corrected chi connectivity index (χ2v) is 8.18. The molecule has 16 nitrogen and oxygen atoms in total. The van der Waals surface area contributed by atoms with E-state index in [1.807, 2.05) is 0 Å². The molecule has 5 N–H and O–H groups in total. The van der Waals surface area contributed by atoms with Crippen LogP contribution in [0, 0.1) is 0 Å². The lowest BCUT2D eigenvalue weighted by molar-refractivity contribution is -0.122. The maximum absolute atomic E-state index is 12.6. The number of carbonyl (C=O) groups excluding carboxylic acids is 1. The zero-order valence-corrected chi connectivity index (χ0v) is 18.6. The summed E-state index contributed by atoms with van der Waals surface area (Å²) >= 11 is 0. The first-order valence-electron chi connectivity index (χ1n) is 10.5. The standard InChI is InChI=1S/C19H22N10O6/c1-26-16-11(17(33)27(2)19(26)34)28(6-25-16)4-9(30)21-3-8-12(31)13(32)18(35-8)29-7-24-10-14(20)22-5-23-15(10)29/h5-8,12-13,18,31-32H,3-4H2,1-2H3,(H,21,30)(H2,20,22,23)/t8-,12-,13-,18-/m1/s1. The van der Waals surface area contributed by atoms with E-state index in [4.69, 9.17) is 10.5 Å². The number of aromatic nitrogens is 8. The number of fused-ring (bicyclic) bond motifs is 2. The van der Waals surface area contributed by atoms with E-state index in [1.54, 1.807) is 0 Å². The minimum absolute atomic E-state index is 0.102. The molecular weight excluding hydrogens is 464 g/mol. The minimum atomic E-state index is -1.33. The average Bonchev–Trinajstić information content (AvgIpc) is 3.52. The van der Waals surface area contributed by atoms with Gasteiger partial charge in [-0.2, -0.15) is 0 Å². The molecule has 1 amide bonds. The predicted octanol–water partition coefficient (Wildman–Crippen LogP) is -3.41. The molecule has 0 spiro atoms. The van der Waals surface area contributed by atoms with Crippen LogP contribution in [0.4, 0.5) is 5.82 Å². The smallest absolute Gasteiger partial charge is 0.332 e. The van der Waals surface area contributed by atoms with Crippen molar-refractivity contribution in [3.8, 4) is 0 Å². The van der Waals surface area contributed by atoms with Crippen LogP contribution in [0.5, 0.6) is 0 Å². The highest BCUT2D eigenvalue weighted by atomic mass is 16.6. The Morgan fingerprint density at radius 2 is 1.86 bits per heavy atom. The summed E-state index contributed by atoms with van der Waals surface area (Å²) in [5, 5.41) is 23.6. The molecule has 0 radical (unpaired) electrons. The molecule has 4 atom stereocenters. The topological polar surface area (TPSA) is 210 Å². The third kappa shape index (κ3) is 3.54. The molecule has 0 unspecified atom stereocenters. The summed E-state index contributed by atoms with van der Waals surface area (Å²) in [5.74, 6) is -0.338. The Labute approximate surface area is 195 Å². The number of aliphatic hydroxyl groups excluding tert-OH is 2. The molecule has 0 aliphatic carbocycles. The summed E-state index contributed by atoms with van der Waals surface area (Å²) in [7, 11) is 2.82. The van der Waals surface area contributed by atoms with Gasteiger partial charge in [-0.25, -0.2) is 24.7 Å². The van der Waals surface area contributed by atoms with Crippen molar-refractivity contribution < 1.29 is 19.7 Å². The third-order valence-corrected chi connectivity index (χ3v) is 6.03. The van der Waals surface area contributed by atoms with Gasteiger partial charge in [0.2, 0.25) is 5.91 Å². The van der Waals surface area contributed by atoms with Crippen molar-refractivity contribution in [1.29, 1.82) is 0 Å². The number of nitrogens with one attached hydrogen (secondary N) is 1. The molecule has 4 aromatic rings. The van der Waals surface area contributed by atoms with Crippen LogP contribution in [-0.2, 0) is 30.2 Å². The van der Waals surface area contributed by atoms with Crippen LogP contribution in [-0.4, -0.2) is 79.2 Å². The Morgan fingerprint density at radius 3 is 2.63 bits per heavy atom. The molecule has 0 saturated carbocycles. The second kappa shape index (κ2) is 8.26. The number of anilines is 1. The molecule has 1 aliphatic heterocycles. The Bertz CT molecular complexity index is 1570. The van der Waals surface area contributed by atoms with Crippen molar-refractivity contribution in [2.45, 2.75) is 31.1 Å². The van der Waals surface area contributed by atoms with Gasteiger partial charge < -0.3 is 30.6 Å². The average molecular weight is 486 g/mol. The van der Waals surface area contributed by atoms with Crippen LogP contribution in [0.1, 0.15) is 6.23 Å². The molecule has 0 aromatic carbocycles. The van der Waals surface area contributed by atoms with Gasteiger partial charge in [0.15, 0.2) is 28.9 Å². The Morgan fingerprint density at radius 1 is 1.09 bits per heavy atom. The van der Waals surface area contributed by atoms with Crippen molar-refractivity contribution in [2.75, 3.05) is 12.3 Å². The summed E-state index contributed by atoms with van der Waals surface area (Å²) in [6.45, 7) is -0.387. The van der Waals surface area contributed by atoms with Gasteiger partial charge in [-0.1, -0.05) is 0 Å². The Balaban J connectivity index is 1.30. The lowest BCUT2D eigenvalue weighted by Gasteiger charge is -2.16. The Hall–Kier alpha value is -4.15. The molecule has 5 heterocycles. The molecule has 16 heteroatoms. The predicted molar refractivity (Wildman–Crippen MR) is 119 cm³/mol. The van der Waals surface area contributed by atoms with Crippen molar-refractivity contribution in [3.63, 3.8) is 0 Å². The van der Waals surface area contributed by atoms with Crippen LogP contribution < -0.4 is 22.3 Å². The molecule has 4 aromatic heterocycles. The van der Waals surface area contributed by atoms with Crippen molar-refractivity contribution >= 4 is 34.1 Å². The summed E-state index contributed by atoms with van der Waals surface area (Å²) in [6.07, 6.45) is -0.688. The van der Waals surface area contributed by atoms with E-state index < -0.39 is 41.7 Å². The number of nitrogens with two attached hydrogens (primary N) is 1. The molecule has 1 saturated heterocycles. The SMILES string of the molecule is Cn1c(=O)c2c(ncn2CC(=O)NC[C@H]2O[C@@H](n3cnc4c(N)ncnc43)[C@H](O)[C@@H]2O)n(C)c1=O. The number of amides is 1. The lowest BCUT2D eigenvalue weighted by atomic mass is 10.1. The van der Waals surface area contributed by atoms with Gasteiger partial charge in [0, 0.05) is 20.6 Å². The van der Waals surface area contributed by atoms with Crippen molar-refractivity contribution in [3.05, 3.63) is 39.8 Å². The van der Waals surface area contributed by atoms with E-state index in [2.05, 4.69) is 25.3 Å². The number of hydrogen-bond acceptors (Lipinski definition) is 11. The first-order chi connectivity index (χ1) is 16.7. The van der Waals surface area contributed by atoms with Crippen LogP contribution in [0.2, 0.25) is 0 Å². The molecule has 5 rings (SSSR count). The fourth-order valence-electron chi connectivity index (χ4n) is 4.13. The highest BCUT2D eigenvalue weighted by Crippen LogP contribution is 2.31. The summed E-state index contributed by atoms with van der Waals surface area (Å²) in [6, 6.07) is 0. The zero-order valence-electron chi connectivity index (χ0n) is 18.6. The maximum Gasteiger partial charge on any atom is 0.332 e. The third-order valence-electron chi connectivity index (χ3n) is 6.03. The normalized spacial score (nSPS) is 22.3. The van der Waals surface area contributed by atoms with E-state index in [0.717, 1.165) is 4.57 Å². The Kier molecular flexibility index (Phi) is 5.34. The molecule has 35 heavy (non-hydrogen) atoms. The molecule has 184 valence electrons. The number of aliphatic hydroxyl groups is 2. The monoisotopic (exact) mass is 486 g/mol. The number of ether oxygens (including phenoxy) is 1. The fourth-order valence-corrected chi connectivity index (χ4v) is 4.13. The van der Waals surface area contributed by atoms with Gasteiger partial charge in [0.1, 0.15) is 36.7 Å². The quantitative estimate of drug-likeness (QED) is 0.218. The lowest BCUT2D eigenvalue weighted by Crippen LogP contribution is -2.41. The summed E-state index contributed by atoms with van der Waals surface area (Å²) < 4.78 is 10.7. The van der Waals surface area contributed by atoms with Gasteiger partial charge in [0.25, 0.3) is 5.56 Å². The molecular formula is C19H22N10O6. The number of imidazole rings is 2. The van der Waals surface area contributed by atoms with Crippen LogP contribution >= 0.6 is 0 Å². The van der Waals surface area contributed by atoms with Crippen molar-refractivity contribution in [1.82, 2.24) is 43.5 Å². The van der Waals surface area contributed by atoms with Crippen LogP contribution in [0.3, 0.4) is 0 Å². The summed E-state index contributed by atoms with van der Waals surface area (Å²) in [5.41, 5.74) is 5.59. The number of aryl methyl sites for hydroxylation is 1. The first-order valence-corrected chi connectivity index (χ1v) is 10.5. The highest BCUT2D eigenvalue weighted by Gasteiger charge is 2.44. The van der Waals surface area contributed by atoms with Crippen LogP contribution in [0.15, 0.2) is 28.6 Å². The minimum Gasteiger partial charge on any atom is -0.387 e. The number of nitrogens with zero attached hydrogens (tertiary/aromatic N) is 8. The second-order valence-electron chi connectivity index (χ2n) is 8.18. The van der Waals surface area contributed by atoms with Gasteiger partial charge >= 0.3 is 5.69 Å². The van der Waals surface area contributed by atoms with E-state index in [-0.39, 0.29) is 30.1 Å². The number of rotatable bonds is 5. The van der Waals surface area contributed by atoms with Gasteiger partial charge in [-0.05, 0) is 0 Å². The van der Waals surface area contributed by atoms with Gasteiger partial charge in [-0.3, -0.25) is 23.3 Å². The largest absolute Gasteiger partial charge is 0.387 e. The molecule has 1 fully saturated rings. The number of carbonyl (C=O) groups is 1. The number of nitrogen functional groups attached to an aromatic ring is 1.